The first-order valence-electron chi connectivity index (χ1n) is 7.81. The van der Waals surface area contributed by atoms with E-state index in [1.54, 1.807) is 0 Å². The topological polar surface area (TPSA) is 37.4 Å². The molecule has 0 bridgehead atoms. The number of methoxy groups -OCH3 is 1. The van der Waals surface area contributed by atoms with Gasteiger partial charge in [0.25, 0.3) is 0 Å². The Hall–Kier alpha value is -1.13. The van der Waals surface area contributed by atoms with Gasteiger partial charge < -0.3 is 15.0 Å². The number of hydrogen-bond acceptors (Lipinski definition) is 4. The molecule has 0 amide bonds. The number of nitrogens with zero attached hydrogens (tertiary/aromatic N) is 2. The van der Waals surface area contributed by atoms with Gasteiger partial charge in [0.2, 0.25) is 0 Å². The molecule has 2 heterocycles. The molecular weight excluding hydrogens is 250 g/mol. The molecule has 1 aliphatic carbocycles. The Bertz CT molecular complexity index is 403. The van der Waals surface area contributed by atoms with Crippen LogP contribution in [0.5, 0.6) is 0 Å². The lowest BCUT2D eigenvalue weighted by Gasteiger charge is -2.35. The van der Waals surface area contributed by atoms with Gasteiger partial charge in [0, 0.05) is 38.5 Å². The van der Waals surface area contributed by atoms with Gasteiger partial charge in [-0.1, -0.05) is 6.07 Å². The van der Waals surface area contributed by atoms with Gasteiger partial charge in [0.15, 0.2) is 0 Å². The van der Waals surface area contributed by atoms with Crippen molar-refractivity contribution in [2.24, 2.45) is 0 Å². The fourth-order valence-electron chi connectivity index (χ4n) is 3.52. The van der Waals surface area contributed by atoms with Crippen LogP contribution < -0.4 is 10.2 Å². The zero-order valence-corrected chi connectivity index (χ0v) is 12.3. The van der Waals surface area contributed by atoms with Crippen LogP contribution in [0.1, 0.15) is 32.1 Å². The van der Waals surface area contributed by atoms with E-state index in [9.17, 15) is 0 Å². The standard InChI is InChI=1S/C16H25N3O/c1-20-15-6-4-5-14(15)18-13-8-11-19(12-9-13)16-7-2-3-10-17-16/h2-3,7,10,13-15,18H,4-6,8-9,11-12H2,1H3. The molecule has 4 nitrogen and oxygen atoms in total. The van der Waals surface area contributed by atoms with Crippen molar-refractivity contribution in [1.82, 2.24) is 10.3 Å². The second-order valence-electron chi connectivity index (χ2n) is 5.93. The molecule has 1 aromatic heterocycles. The van der Waals surface area contributed by atoms with Gasteiger partial charge in [0.1, 0.15) is 5.82 Å². The van der Waals surface area contributed by atoms with E-state index in [1.807, 2.05) is 19.4 Å². The first kappa shape index (κ1) is 13.8. The molecule has 1 saturated heterocycles. The highest BCUT2D eigenvalue weighted by Gasteiger charge is 2.30. The van der Waals surface area contributed by atoms with Crippen molar-refractivity contribution in [2.45, 2.75) is 50.3 Å². The summed E-state index contributed by atoms with van der Waals surface area (Å²) in [5.41, 5.74) is 0. The van der Waals surface area contributed by atoms with Crippen molar-refractivity contribution < 1.29 is 4.74 Å². The third kappa shape index (κ3) is 3.13. The first-order chi connectivity index (χ1) is 9.86. The minimum Gasteiger partial charge on any atom is -0.380 e. The summed E-state index contributed by atoms with van der Waals surface area (Å²) in [7, 11) is 1.84. The molecule has 1 aromatic rings. The number of aromatic nitrogens is 1. The van der Waals surface area contributed by atoms with Crippen LogP contribution in [-0.2, 0) is 4.74 Å². The van der Waals surface area contributed by atoms with Gasteiger partial charge in [-0.25, -0.2) is 4.98 Å². The average Bonchev–Trinajstić information content (AvgIpc) is 2.96. The van der Waals surface area contributed by atoms with E-state index < -0.39 is 0 Å². The molecule has 0 radical (unpaired) electrons. The second kappa shape index (κ2) is 6.55. The van der Waals surface area contributed by atoms with Crippen molar-refractivity contribution in [3.63, 3.8) is 0 Å². The molecule has 2 unspecified atom stereocenters. The molecule has 20 heavy (non-hydrogen) atoms. The zero-order valence-electron chi connectivity index (χ0n) is 12.3. The SMILES string of the molecule is COC1CCCC1NC1CCN(c2ccccn2)CC1. The summed E-state index contributed by atoms with van der Waals surface area (Å²) in [6.45, 7) is 2.19. The van der Waals surface area contributed by atoms with Crippen molar-refractivity contribution in [1.29, 1.82) is 0 Å². The molecule has 0 aromatic carbocycles. The van der Waals surface area contributed by atoms with Gasteiger partial charge in [-0.3, -0.25) is 0 Å². The van der Waals surface area contributed by atoms with E-state index in [0.717, 1.165) is 18.9 Å². The van der Waals surface area contributed by atoms with E-state index in [-0.39, 0.29) is 0 Å². The van der Waals surface area contributed by atoms with Crippen LogP contribution in [0.3, 0.4) is 0 Å². The first-order valence-corrected chi connectivity index (χ1v) is 7.81. The minimum atomic E-state index is 0.420. The Morgan fingerprint density at radius 3 is 2.75 bits per heavy atom. The number of rotatable bonds is 4. The Morgan fingerprint density at radius 2 is 2.05 bits per heavy atom. The molecule has 2 aliphatic rings. The molecule has 110 valence electrons. The summed E-state index contributed by atoms with van der Waals surface area (Å²) in [6.07, 6.45) is 8.46. The van der Waals surface area contributed by atoms with Crippen LogP contribution in [-0.4, -0.2) is 43.4 Å². The smallest absolute Gasteiger partial charge is 0.128 e. The molecule has 2 atom stereocenters. The summed E-state index contributed by atoms with van der Waals surface area (Å²) in [5, 5.41) is 3.82. The molecule has 1 saturated carbocycles. The van der Waals surface area contributed by atoms with E-state index in [4.69, 9.17) is 4.74 Å². The molecule has 1 N–H and O–H groups in total. The fourth-order valence-corrected chi connectivity index (χ4v) is 3.52. The summed E-state index contributed by atoms with van der Waals surface area (Å²) in [6, 6.07) is 7.34. The third-order valence-corrected chi connectivity index (χ3v) is 4.67. The number of piperidine rings is 1. The Morgan fingerprint density at radius 1 is 1.20 bits per heavy atom. The van der Waals surface area contributed by atoms with Crippen LogP contribution in [0.15, 0.2) is 24.4 Å². The Balaban J connectivity index is 1.49. The van der Waals surface area contributed by atoms with Crippen molar-refractivity contribution >= 4 is 5.82 Å². The fraction of sp³-hybridized carbons (Fsp3) is 0.688. The number of nitrogens with one attached hydrogen (secondary N) is 1. The Labute approximate surface area is 121 Å². The van der Waals surface area contributed by atoms with Gasteiger partial charge in [-0.2, -0.15) is 0 Å². The maximum Gasteiger partial charge on any atom is 0.128 e. The van der Waals surface area contributed by atoms with Crippen LogP contribution in [0.25, 0.3) is 0 Å². The van der Waals surface area contributed by atoms with Crippen LogP contribution >= 0.6 is 0 Å². The molecule has 3 rings (SSSR count). The highest BCUT2D eigenvalue weighted by molar-refractivity contribution is 5.38. The predicted octanol–water partition coefficient (Wildman–Crippen LogP) is 2.21. The zero-order chi connectivity index (χ0) is 13.8. The van der Waals surface area contributed by atoms with E-state index in [2.05, 4.69) is 27.3 Å². The van der Waals surface area contributed by atoms with E-state index in [0.29, 0.717) is 18.2 Å². The third-order valence-electron chi connectivity index (χ3n) is 4.67. The lowest BCUT2D eigenvalue weighted by molar-refractivity contribution is 0.0799. The monoisotopic (exact) mass is 275 g/mol. The lowest BCUT2D eigenvalue weighted by Crippen LogP contribution is -2.48. The van der Waals surface area contributed by atoms with Crippen molar-refractivity contribution in [3.05, 3.63) is 24.4 Å². The van der Waals surface area contributed by atoms with Crippen LogP contribution in [0.4, 0.5) is 5.82 Å². The Kier molecular flexibility index (Phi) is 4.53. The quantitative estimate of drug-likeness (QED) is 0.914. The average molecular weight is 275 g/mol. The summed E-state index contributed by atoms with van der Waals surface area (Å²) in [4.78, 5) is 6.83. The second-order valence-corrected chi connectivity index (χ2v) is 5.93. The van der Waals surface area contributed by atoms with Crippen molar-refractivity contribution in [3.8, 4) is 0 Å². The van der Waals surface area contributed by atoms with Crippen LogP contribution in [0.2, 0.25) is 0 Å². The maximum absolute atomic E-state index is 5.57. The maximum atomic E-state index is 5.57. The predicted molar refractivity (Wildman–Crippen MR) is 81.0 cm³/mol. The van der Waals surface area contributed by atoms with E-state index >= 15 is 0 Å². The van der Waals surface area contributed by atoms with Crippen LogP contribution in [0, 0.1) is 0 Å². The molecular formula is C16H25N3O. The summed E-state index contributed by atoms with van der Waals surface area (Å²) < 4.78 is 5.57. The number of hydrogen-bond donors (Lipinski definition) is 1. The molecule has 4 heteroatoms. The van der Waals surface area contributed by atoms with Gasteiger partial charge in [-0.15, -0.1) is 0 Å². The molecule has 2 fully saturated rings. The summed E-state index contributed by atoms with van der Waals surface area (Å²) in [5.74, 6) is 1.11. The highest BCUT2D eigenvalue weighted by atomic mass is 16.5. The molecule has 1 aliphatic heterocycles. The molecule has 0 spiro atoms. The summed E-state index contributed by atoms with van der Waals surface area (Å²) >= 11 is 0. The number of pyridine rings is 1. The highest BCUT2D eigenvalue weighted by Crippen LogP contribution is 2.24. The van der Waals surface area contributed by atoms with Gasteiger partial charge >= 0.3 is 0 Å². The normalized spacial score (nSPS) is 27.9. The van der Waals surface area contributed by atoms with Gasteiger partial charge in [0.05, 0.1) is 6.10 Å². The van der Waals surface area contributed by atoms with E-state index in [1.165, 1.54) is 32.1 Å². The largest absolute Gasteiger partial charge is 0.380 e. The number of anilines is 1. The van der Waals surface area contributed by atoms with Gasteiger partial charge in [-0.05, 0) is 44.2 Å². The lowest BCUT2D eigenvalue weighted by atomic mass is 10.0. The number of ether oxygens (including phenoxy) is 1. The van der Waals surface area contributed by atoms with Crippen molar-refractivity contribution in [2.75, 3.05) is 25.1 Å². The minimum absolute atomic E-state index is 0.420.